The van der Waals surface area contributed by atoms with Crippen molar-refractivity contribution in [3.8, 4) is 0 Å². The smallest absolute Gasteiger partial charge is 0.287 e. The van der Waals surface area contributed by atoms with Gasteiger partial charge in [-0.1, -0.05) is 6.42 Å². The van der Waals surface area contributed by atoms with E-state index < -0.39 is 0 Å². The van der Waals surface area contributed by atoms with Crippen LogP contribution >= 0.6 is 0 Å². The molecule has 1 aromatic rings. The molecule has 2 N–H and O–H groups in total. The first-order valence-electron chi connectivity index (χ1n) is 9.49. The molecule has 2 fully saturated rings. The molecule has 1 saturated carbocycles. The van der Waals surface area contributed by atoms with Crippen LogP contribution in [-0.2, 0) is 0 Å². The minimum atomic E-state index is -0.148. The molecule has 1 saturated heterocycles. The molecule has 2 aliphatic rings. The number of hydrogen-bond donors (Lipinski definition) is 2. The Morgan fingerprint density at radius 1 is 1.36 bits per heavy atom. The van der Waals surface area contributed by atoms with E-state index in [1.165, 1.54) is 25.7 Å². The monoisotopic (exact) mass is 346 g/mol. The van der Waals surface area contributed by atoms with Crippen LogP contribution in [0.1, 0.15) is 55.1 Å². The van der Waals surface area contributed by atoms with Crippen molar-refractivity contribution in [1.29, 1.82) is 0 Å². The van der Waals surface area contributed by atoms with E-state index in [-0.39, 0.29) is 5.91 Å². The van der Waals surface area contributed by atoms with Crippen LogP contribution in [0, 0.1) is 12.3 Å². The van der Waals surface area contributed by atoms with Gasteiger partial charge in [0.1, 0.15) is 0 Å². The Balaban J connectivity index is 1.43. The highest BCUT2D eigenvalue weighted by Gasteiger charge is 2.43. The molecule has 1 aromatic heterocycles. The van der Waals surface area contributed by atoms with Crippen LogP contribution in [0.15, 0.2) is 21.7 Å². The van der Waals surface area contributed by atoms with Crippen molar-refractivity contribution in [2.75, 3.05) is 32.7 Å². The molecular formula is C19H30N4O2. The zero-order valence-electron chi connectivity index (χ0n) is 15.4. The summed E-state index contributed by atoms with van der Waals surface area (Å²) in [6.07, 6.45) is 7.80. The van der Waals surface area contributed by atoms with Gasteiger partial charge in [-0.25, -0.2) is 0 Å². The third-order valence-corrected chi connectivity index (χ3v) is 5.44. The summed E-state index contributed by atoms with van der Waals surface area (Å²) in [5, 5.41) is 6.31. The van der Waals surface area contributed by atoms with E-state index in [0.717, 1.165) is 37.6 Å². The van der Waals surface area contributed by atoms with Crippen molar-refractivity contribution >= 4 is 11.9 Å². The molecule has 138 valence electrons. The second-order valence-electron chi connectivity index (χ2n) is 7.30. The highest BCUT2D eigenvalue weighted by Crippen LogP contribution is 2.47. The number of hydrogen-bond acceptors (Lipinski definition) is 3. The van der Waals surface area contributed by atoms with Gasteiger partial charge >= 0.3 is 0 Å². The van der Waals surface area contributed by atoms with Crippen LogP contribution in [0.2, 0.25) is 0 Å². The van der Waals surface area contributed by atoms with E-state index in [2.05, 4.69) is 22.5 Å². The summed E-state index contributed by atoms with van der Waals surface area (Å²) >= 11 is 0. The summed E-state index contributed by atoms with van der Waals surface area (Å²) < 4.78 is 5.20. The molecule has 3 rings (SSSR count). The van der Waals surface area contributed by atoms with Crippen molar-refractivity contribution in [2.45, 2.75) is 46.0 Å². The number of nitrogens with zero attached hydrogens (tertiary/aromatic N) is 2. The average Bonchev–Trinajstić information content (AvgIpc) is 3.19. The van der Waals surface area contributed by atoms with Crippen LogP contribution in [0.3, 0.4) is 0 Å². The molecular weight excluding hydrogens is 316 g/mol. The summed E-state index contributed by atoms with van der Waals surface area (Å²) in [7, 11) is 0. The molecule has 0 aromatic carbocycles. The Kier molecular flexibility index (Phi) is 5.66. The van der Waals surface area contributed by atoms with Gasteiger partial charge in [0.2, 0.25) is 0 Å². The van der Waals surface area contributed by atoms with Crippen LogP contribution in [0.4, 0.5) is 0 Å². The molecule has 1 spiro atoms. The predicted octanol–water partition coefficient (Wildman–Crippen LogP) is 2.55. The molecule has 0 atom stereocenters. The van der Waals surface area contributed by atoms with Crippen molar-refractivity contribution in [2.24, 2.45) is 10.4 Å². The van der Waals surface area contributed by atoms with Crippen molar-refractivity contribution in [3.05, 3.63) is 23.7 Å². The fourth-order valence-corrected chi connectivity index (χ4v) is 3.78. The number of likely N-dealkylation sites (tertiary alicyclic amines) is 1. The van der Waals surface area contributed by atoms with E-state index in [9.17, 15) is 4.79 Å². The SMILES string of the molecule is CCNC(=NCCCNC(=O)c1occc1C)N1CCC2(CCC2)C1. The quantitative estimate of drug-likeness (QED) is 0.472. The van der Waals surface area contributed by atoms with Crippen molar-refractivity contribution < 1.29 is 9.21 Å². The Hall–Kier alpha value is -1.98. The lowest BCUT2D eigenvalue weighted by molar-refractivity contribution is 0.0925. The number of carbonyl (C=O) groups is 1. The van der Waals surface area contributed by atoms with Crippen LogP contribution in [-0.4, -0.2) is 49.5 Å². The number of nitrogens with one attached hydrogen (secondary N) is 2. The van der Waals surface area contributed by atoms with Crippen LogP contribution in [0.5, 0.6) is 0 Å². The molecule has 0 bridgehead atoms. The molecule has 0 unspecified atom stereocenters. The van der Waals surface area contributed by atoms with Crippen LogP contribution < -0.4 is 10.6 Å². The third-order valence-electron chi connectivity index (χ3n) is 5.44. The van der Waals surface area contributed by atoms with Gasteiger partial charge in [-0.3, -0.25) is 9.79 Å². The third kappa shape index (κ3) is 4.17. The number of aryl methyl sites for hydroxylation is 1. The van der Waals surface area contributed by atoms with E-state index in [1.54, 1.807) is 12.3 Å². The van der Waals surface area contributed by atoms with Gasteiger partial charge in [0.05, 0.1) is 6.26 Å². The summed E-state index contributed by atoms with van der Waals surface area (Å²) in [5.74, 6) is 1.28. The minimum absolute atomic E-state index is 0.148. The van der Waals surface area contributed by atoms with Gasteiger partial charge < -0.3 is 20.0 Å². The maximum absolute atomic E-state index is 12.0. The van der Waals surface area contributed by atoms with Gasteiger partial charge in [0.15, 0.2) is 11.7 Å². The van der Waals surface area contributed by atoms with Gasteiger partial charge in [0.25, 0.3) is 5.91 Å². The number of rotatable bonds is 6. The first-order valence-corrected chi connectivity index (χ1v) is 9.49. The zero-order valence-corrected chi connectivity index (χ0v) is 15.4. The molecule has 1 amide bonds. The fourth-order valence-electron chi connectivity index (χ4n) is 3.78. The maximum atomic E-state index is 12.0. The summed E-state index contributed by atoms with van der Waals surface area (Å²) in [5.41, 5.74) is 1.44. The second-order valence-corrected chi connectivity index (χ2v) is 7.30. The Bertz CT molecular complexity index is 619. The lowest BCUT2D eigenvalue weighted by Gasteiger charge is -2.38. The number of guanidine groups is 1. The first kappa shape index (κ1) is 17.8. The number of amides is 1. The lowest BCUT2D eigenvalue weighted by Crippen LogP contribution is -2.42. The number of furan rings is 1. The second kappa shape index (κ2) is 7.93. The van der Waals surface area contributed by atoms with Gasteiger partial charge in [-0.05, 0) is 51.0 Å². The average molecular weight is 346 g/mol. The molecule has 2 heterocycles. The summed E-state index contributed by atoms with van der Waals surface area (Å²) in [6, 6.07) is 1.80. The largest absolute Gasteiger partial charge is 0.459 e. The highest BCUT2D eigenvalue weighted by molar-refractivity contribution is 5.92. The summed E-state index contributed by atoms with van der Waals surface area (Å²) in [4.78, 5) is 19.1. The normalized spacial score (nSPS) is 19.1. The van der Waals surface area contributed by atoms with Gasteiger partial charge in [-0.2, -0.15) is 0 Å². The molecule has 6 heteroatoms. The first-order chi connectivity index (χ1) is 12.1. The molecule has 25 heavy (non-hydrogen) atoms. The van der Waals surface area contributed by atoms with E-state index in [1.807, 2.05) is 6.92 Å². The Morgan fingerprint density at radius 3 is 2.80 bits per heavy atom. The highest BCUT2D eigenvalue weighted by atomic mass is 16.3. The summed E-state index contributed by atoms with van der Waals surface area (Å²) in [6.45, 7) is 8.44. The van der Waals surface area contributed by atoms with E-state index in [4.69, 9.17) is 9.41 Å². The molecule has 1 aliphatic carbocycles. The maximum Gasteiger partial charge on any atom is 0.287 e. The standard InChI is InChI=1S/C19H30N4O2/c1-3-20-18(23-12-9-19(14-23)7-4-8-19)22-11-5-10-21-17(24)16-15(2)6-13-25-16/h6,13H,3-5,7-12,14H2,1-2H3,(H,20,22)(H,21,24). The molecule has 6 nitrogen and oxygen atoms in total. The fraction of sp³-hybridized carbons (Fsp3) is 0.684. The lowest BCUT2D eigenvalue weighted by atomic mass is 9.68. The van der Waals surface area contributed by atoms with Crippen molar-refractivity contribution in [3.63, 3.8) is 0 Å². The molecule has 0 radical (unpaired) electrons. The predicted molar refractivity (Wildman–Crippen MR) is 98.8 cm³/mol. The van der Waals surface area contributed by atoms with Gasteiger partial charge in [0, 0.05) is 38.3 Å². The Morgan fingerprint density at radius 2 is 2.20 bits per heavy atom. The molecule has 1 aliphatic heterocycles. The number of aliphatic imine (C=N–C) groups is 1. The topological polar surface area (TPSA) is 69.9 Å². The van der Waals surface area contributed by atoms with Crippen molar-refractivity contribution in [1.82, 2.24) is 15.5 Å². The zero-order chi connectivity index (χ0) is 17.7. The van der Waals surface area contributed by atoms with E-state index >= 15 is 0 Å². The minimum Gasteiger partial charge on any atom is -0.459 e. The Labute approximate surface area is 150 Å². The van der Waals surface area contributed by atoms with E-state index in [0.29, 0.717) is 24.3 Å². The number of carbonyl (C=O) groups excluding carboxylic acids is 1. The van der Waals surface area contributed by atoms with Crippen LogP contribution in [0.25, 0.3) is 0 Å². The van der Waals surface area contributed by atoms with Gasteiger partial charge in [-0.15, -0.1) is 0 Å².